The molecule has 0 bridgehead atoms. The van der Waals surface area contributed by atoms with E-state index in [0.29, 0.717) is 45.9 Å². The summed E-state index contributed by atoms with van der Waals surface area (Å²) in [5.74, 6) is -2.10. The van der Waals surface area contributed by atoms with Crippen LogP contribution in [-0.2, 0) is 16.7 Å². The van der Waals surface area contributed by atoms with Crippen LogP contribution < -0.4 is 8.75 Å². The molecule has 230 valence electrons. The Labute approximate surface area is 260 Å². The van der Waals surface area contributed by atoms with Crippen LogP contribution >= 0.6 is 0 Å². The molecule has 0 amide bonds. The summed E-state index contributed by atoms with van der Waals surface area (Å²) in [7, 11) is -3.97. The first-order chi connectivity index (χ1) is 21.4. The van der Waals surface area contributed by atoms with Gasteiger partial charge in [-0.2, -0.15) is 13.0 Å². The zero-order valence-corrected chi connectivity index (χ0v) is 25.5. The molecule has 0 saturated carbocycles. The van der Waals surface area contributed by atoms with Crippen molar-refractivity contribution < 1.29 is 42.1 Å². The predicted molar refractivity (Wildman–Crippen MR) is 172 cm³/mol. The summed E-state index contributed by atoms with van der Waals surface area (Å²) in [5, 5.41) is 30.1. The van der Waals surface area contributed by atoms with Gasteiger partial charge in [0.1, 0.15) is 18.0 Å². The minimum atomic E-state index is -3.97. The number of benzene rings is 4. The Morgan fingerprint density at radius 3 is 2.07 bits per heavy atom. The minimum Gasteiger partial charge on any atom is -0.508 e. The van der Waals surface area contributed by atoms with Crippen LogP contribution in [0.2, 0.25) is 0 Å². The first-order valence-electron chi connectivity index (χ1n) is 14.3. The van der Waals surface area contributed by atoms with Gasteiger partial charge in [0.15, 0.2) is 0 Å². The third kappa shape index (κ3) is 6.97. The SMILES string of the molecule is Cc1cc(C(=O)O)cc(C)c1OS(=O)(=O)CCCC[n+]1c2ccccc2c(C(=O)O)c2ccc(/C=C/c3ccc(O)cc3)cc21. The van der Waals surface area contributed by atoms with Crippen molar-refractivity contribution >= 4 is 56.0 Å². The molecule has 5 rings (SSSR count). The molecule has 9 nitrogen and oxygen atoms in total. The lowest BCUT2D eigenvalue weighted by Crippen LogP contribution is -2.36. The van der Waals surface area contributed by atoms with Crippen molar-refractivity contribution in [3.05, 3.63) is 112 Å². The van der Waals surface area contributed by atoms with E-state index in [1.165, 1.54) is 12.1 Å². The molecule has 45 heavy (non-hydrogen) atoms. The third-order valence-electron chi connectivity index (χ3n) is 7.56. The van der Waals surface area contributed by atoms with Crippen LogP contribution in [0.5, 0.6) is 11.5 Å². The Hall–Kier alpha value is -5.22. The number of carbonyl (C=O) groups is 2. The second-order valence-corrected chi connectivity index (χ2v) is 12.5. The molecule has 0 aliphatic heterocycles. The zero-order chi connectivity index (χ0) is 32.3. The van der Waals surface area contributed by atoms with Crippen molar-refractivity contribution in [3.63, 3.8) is 0 Å². The van der Waals surface area contributed by atoms with Gasteiger partial charge in [-0.05, 0) is 78.9 Å². The highest BCUT2D eigenvalue weighted by Gasteiger charge is 2.25. The number of carboxylic acids is 2. The summed E-state index contributed by atoms with van der Waals surface area (Å²) in [6.45, 7) is 3.63. The Morgan fingerprint density at radius 2 is 1.40 bits per heavy atom. The molecule has 10 heteroatoms. The number of phenols is 1. The van der Waals surface area contributed by atoms with Gasteiger partial charge < -0.3 is 19.5 Å². The summed E-state index contributed by atoms with van der Waals surface area (Å²) in [6, 6.07) is 22.3. The lowest BCUT2D eigenvalue weighted by molar-refractivity contribution is -0.645. The molecule has 1 heterocycles. The Morgan fingerprint density at radius 1 is 0.778 bits per heavy atom. The monoisotopic (exact) mass is 626 g/mol. The number of para-hydroxylation sites is 1. The van der Waals surface area contributed by atoms with E-state index in [1.54, 1.807) is 56.3 Å². The molecule has 0 fully saturated rings. The van der Waals surface area contributed by atoms with E-state index in [2.05, 4.69) is 0 Å². The number of aromatic hydroxyl groups is 1. The molecule has 5 aromatic rings. The molecule has 3 N–H and O–H groups in total. The van der Waals surface area contributed by atoms with Gasteiger partial charge in [0.25, 0.3) is 0 Å². The van der Waals surface area contributed by atoms with E-state index >= 15 is 0 Å². The molecule has 0 saturated heterocycles. The van der Waals surface area contributed by atoms with Gasteiger partial charge in [-0.1, -0.05) is 42.5 Å². The molecule has 0 aliphatic rings. The van der Waals surface area contributed by atoms with Crippen LogP contribution in [0.4, 0.5) is 0 Å². The number of aromatic carboxylic acids is 2. The maximum absolute atomic E-state index is 12.9. The van der Waals surface area contributed by atoms with Gasteiger partial charge in [0.05, 0.1) is 27.7 Å². The van der Waals surface area contributed by atoms with Crippen molar-refractivity contribution in [2.45, 2.75) is 33.2 Å². The number of aromatic nitrogens is 1. The van der Waals surface area contributed by atoms with E-state index in [-0.39, 0.29) is 34.8 Å². The molecule has 0 aliphatic carbocycles. The van der Waals surface area contributed by atoms with Crippen molar-refractivity contribution in [3.8, 4) is 11.5 Å². The Balaban J connectivity index is 1.42. The van der Waals surface area contributed by atoms with Gasteiger partial charge in [-0.15, -0.1) is 0 Å². The number of rotatable bonds is 11. The average molecular weight is 627 g/mol. The molecule has 0 spiro atoms. The van der Waals surface area contributed by atoms with Crippen LogP contribution in [0.15, 0.2) is 78.9 Å². The molecule has 0 unspecified atom stereocenters. The van der Waals surface area contributed by atoms with Gasteiger partial charge in [-0.25, -0.2) is 9.59 Å². The molecule has 4 aromatic carbocycles. The number of pyridine rings is 1. The number of nitrogens with zero attached hydrogens (tertiary/aromatic N) is 1. The fourth-order valence-electron chi connectivity index (χ4n) is 5.45. The summed E-state index contributed by atoms with van der Waals surface area (Å²) < 4.78 is 33.2. The van der Waals surface area contributed by atoms with E-state index in [0.717, 1.165) is 11.1 Å². The number of fused-ring (bicyclic) bond motifs is 2. The number of unbranched alkanes of at least 4 members (excludes halogenated alkanes) is 1. The quantitative estimate of drug-likeness (QED) is 0.0506. The fraction of sp³-hybridized carbons (Fsp3) is 0.171. The number of hydrogen-bond acceptors (Lipinski definition) is 6. The molecular weight excluding hydrogens is 594 g/mol. The van der Waals surface area contributed by atoms with Crippen LogP contribution in [0, 0.1) is 13.8 Å². The van der Waals surface area contributed by atoms with E-state index in [9.17, 15) is 33.3 Å². The summed E-state index contributed by atoms with van der Waals surface area (Å²) in [5.41, 5.74) is 4.22. The molecule has 1 aromatic heterocycles. The Kier molecular flexibility index (Phi) is 8.87. The molecule has 0 atom stereocenters. The molecule has 0 radical (unpaired) electrons. The smallest absolute Gasteiger partial charge is 0.337 e. The number of phenolic OH excluding ortho intramolecular Hbond substituents is 1. The highest BCUT2D eigenvalue weighted by Crippen LogP contribution is 2.28. The van der Waals surface area contributed by atoms with Gasteiger partial charge in [0.2, 0.25) is 11.0 Å². The topological polar surface area (TPSA) is 142 Å². The zero-order valence-electron chi connectivity index (χ0n) is 24.7. The highest BCUT2D eigenvalue weighted by atomic mass is 32.2. The second-order valence-electron chi connectivity index (χ2n) is 10.8. The first-order valence-corrected chi connectivity index (χ1v) is 15.9. The minimum absolute atomic E-state index is 0.0548. The fourth-order valence-corrected chi connectivity index (χ4v) is 6.61. The van der Waals surface area contributed by atoms with Crippen molar-refractivity contribution in [2.75, 3.05) is 5.75 Å². The standard InChI is InChI=1S/C35H31NO8S/c1-22-19-26(34(38)39)20-23(2)33(22)44-45(42,43)18-6-5-17-36-30-8-4-3-7-28(30)32(35(40)41)29-16-13-25(21-31(29)36)10-9-24-11-14-27(37)15-12-24/h3-4,7-16,19-21H,5-6,17-18H2,1-2H3,(H2,38,39,40,41)/p+1. The van der Waals surface area contributed by atoms with Crippen LogP contribution in [0.3, 0.4) is 0 Å². The van der Waals surface area contributed by atoms with Gasteiger partial charge >= 0.3 is 22.1 Å². The highest BCUT2D eigenvalue weighted by molar-refractivity contribution is 7.87. The van der Waals surface area contributed by atoms with Crippen molar-refractivity contribution in [1.29, 1.82) is 0 Å². The second kappa shape index (κ2) is 12.8. The summed E-state index contributed by atoms with van der Waals surface area (Å²) in [4.78, 5) is 23.8. The predicted octanol–water partition coefficient (Wildman–Crippen LogP) is 6.36. The van der Waals surface area contributed by atoms with E-state index < -0.39 is 22.1 Å². The number of carboxylic acid groups (broad SMARTS) is 2. The molecular formula is C35H32NO8S+. The maximum atomic E-state index is 12.9. The maximum Gasteiger partial charge on any atom is 0.337 e. The summed E-state index contributed by atoms with van der Waals surface area (Å²) >= 11 is 0. The summed E-state index contributed by atoms with van der Waals surface area (Å²) in [6.07, 6.45) is 4.54. The van der Waals surface area contributed by atoms with Crippen LogP contribution in [0.25, 0.3) is 34.0 Å². The Bertz CT molecular complexity index is 2060. The first kappa shape index (κ1) is 31.2. The van der Waals surface area contributed by atoms with Crippen LogP contribution in [0.1, 0.15) is 55.8 Å². The number of hydrogen-bond donors (Lipinski definition) is 3. The normalized spacial score (nSPS) is 11.8. The van der Waals surface area contributed by atoms with Crippen molar-refractivity contribution in [2.24, 2.45) is 0 Å². The van der Waals surface area contributed by atoms with E-state index in [1.807, 2.05) is 41.0 Å². The lowest BCUT2D eigenvalue weighted by Gasteiger charge is -2.13. The van der Waals surface area contributed by atoms with E-state index in [4.69, 9.17) is 4.18 Å². The van der Waals surface area contributed by atoms with Gasteiger partial charge in [0, 0.05) is 18.6 Å². The van der Waals surface area contributed by atoms with Gasteiger partial charge in [-0.3, -0.25) is 0 Å². The van der Waals surface area contributed by atoms with Crippen LogP contribution in [-0.4, -0.2) is 41.4 Å². The van der Waals surface area contributed by atoms with Crippen molar-refractivity contribution in [1.82, 2.24) is 0 Å². The largest absolute Gasteiger partial charge is 0.508 e. The number of aryl methyl sites for hydroxylation is 3. The lowest BCUT2D eigenvalue weighted by atomic mass is 10.00. The average Bonchev–Trinajstić information content (AvgIpc) is 3.00. The third-order valence-corrected chi connectivity index (χ3v) is 8.77.